The highest BCUT2D eigenvalue weighted by atomic mass is 19.1. The summed E-state index contributed by atoms with van der Waals surface area (Å²) in [6.45, 7) is 13.0. The standard InChI is InChI=1S/C40H48F2N4O5/c1-7-19-44-34-22-33(42)37-31(26(34)2)25-50-38(49)46-39(3,4)17-8-9-18-40(5,29-12-10-11-27(20-29)13-16-36(47)48)35(24-43-6)45-23-28-21-30(51-37)14-15-32(28)41/h7,10-12,14-15,19-22,24,44-45H,6,8-9,13,16-18,23,25H2,1-5H3,(H,46,49)(H,47,48)/b19-7-,35-24-. The highest BCUT2D eigenvalue weighted by Crippen LogP contribution is 2.39. The molecule has 0 spiro atoms. The monoisotopic (exact) mass is 702 g/mol. The second-order valence-corrected chi connectivity index (χ2v) is 13.6. The van der Waals surface area contributed by atoms with Crippen molar-refractivity contribution < 1.29 is 33.0 Å². The largest absolute Gasteiger partial charge is 0.481 e. The number of nitrogens with zero attached hydrogens (tertiary/aromatic N) is 1. The molecule has 0 saturated heterocycles. The van der Waals surface area contributed by atoms with E-state index in [4.69, 9.17) is 9.47 Å². The van der Waals surface area contributed by atoms with Crippen molar-refractivity contribution >= 4 is 24.5 Å². The number of fused-ring (bicyclic) bond motifs is 3. The van der Waals surface area contributed by atoms with Crippen LogP contribution >= 0.6 is 0 Å². The molecule has 9 nitrogen and oxygen atoms in total. The highest BCUT2D eigenvalue weighted by molar-refractivity contribution is 5.69. The molecule has 11 heteroatoms. The van der Waals surface area contributed by atoms with E-state index in [1.54, 1.807) is 25.4 Å². The number of aliphatic carboxylic acids is 1. The molecule has 2 bridgehead atoms. The number of nitrogens with one attached hydrogen (secondary N) is 3. The van der Waals surface area contributed by atoms with E-state index < -0.39 is 34.7 Å². The first kappa shape index (κ1) is 38.6. The van der Waals surface area contributed by atoms with Gasteiger partial charge in [0.1, 0.15) is 18.2 Å². The number of ether oxygens (including phenoxy) is 2. The molecule has 51 heavy (non-hydrogen) atoms. The Labute approximate surface area is 298 Å². The van der Waals surface area contributed by atoms with Crippen molar-refractivity contribution in [3.63, 3.8) is 0 Å². The van der Waals surface area contributed by atoms with Crippen LogP contribution in [0.4, 0.5) is 19.3 Å². The molecule has 1 atom stereocenters. The van der Waals surface area contributed by atoms with Gasteiger partial charge >= 0.3 is 12.1 Å². The van der Waals surface area contributed by atoms with Gasteiger partial charge in [0.05, 0.1) is 0 Å². The van der Waals surface area contributed by atoms with Gasteiger partial charge in [-0.25, -0.2) is 13.6 Å². The minimum Gasteiger partial charge on any atom is -0.481 e. The number of allylic oxidation sites excluding steroid dienone is 2. The van der Waals surface area contributed by atoms with Gasteiger partial charge in [0, 0.05) is 58.7 Å². The number of carboxylic acids is 1. The Hall–Kier alpha value is -5.19. The van der Waals surface area contributed by atoms with Gasteiger partial charge in [0.25, 0.3) is 0 Å². The van der Waals surface area contributed by atoms with E-state index in [1.165, 1.54) is 24.3 Å². The minimum atomic E-state index is -0.877. The number of carbonyl (C=O) groups is 2. The zero-order valence-corrected chi connectivity index (χ0v) is 30.0. The number of benzene rings is 3. The van der Waals surface area contributed by atoms with E-state index in [9.17, 15) is 14.7 Å². The summed E-state index contributed by atoms with van der Waals surface area (Å²) in [5.74, 6) is -2.01. The summed E-state index contributed by atoms with van der Waals surface area (Å²) in [4.78, 5) is 28.5. The van der Waals surface area contributed by atoms with E-state index in [-0.39, 0.29) is 36.6 Å². The van der Waals surface area contributed by atoms with Crippen LogP contribution in [0.15, 0.2) is 77.7 Å². The predicted molar refractivity (Wildman–Crippen MR) is 196 cm³/mol. The number of alkyl carbamates (subject to hydrolysis) is 1. The first-order valence-corrected chi connectivity index (χ1v) is 17.1. The Morgan fingerprint density at radius 3 is 2.59 bits per heavy atom. The average Bonchev–Trinajstić information content (AvgIpc) is 3.08. The van der Waals surface area contributed by atoms with Gasteiger partial charge in [-0.2, -0.15) is 0 Å². The number of rotatable bonds is 7. The number of halogens is 2. The van der Waals surface area contributed by atoms with Crippen molar-refractivity contribution in [2.24, 2.45) is 4.99 Å². The second kappa shape index (κ2) is 17.2. The van der Waals surface area contributed by atoms with E-state index in [0.717, 1.165) is 24.0 Å². The van der Waals surface area contributed by atoms with Crippen LogP contribution in [0, 0.1) is 18.6 Å². The molecule has 1 heterocycles. The lowest BCUT2D eigenvalue weighted by Crippen LogP contribution is -2.43. The van der Waals surface area contributed by atoms with Crippen LogP contribution in [0.1, 0.15) is 87.6 Å². The summed E-state index contributed by atoms with van der Waals surface area (Å²) < 4.78 is 42.8. The Morgan fingerprint density at radius 1 is 1.10 bits per heavy atom. The van der Waals surface area contributed by atoms with Gasteiger partial charge in [0.15, 0.2) is 11.6 Å². The molecule has 4 rings (SSSR count). The number of anilines is 1. The molecule has 0 aromatic heterocycles. The number of hydrogen-bond donors (Lipinski definition) is 4. The van der Waals surface area contributed by atoms with Crippen molar-refractivity contribution in [3.05, 3.63) is 112 Å². The van der Waals surface area contributed by atoms with Crippen LogP contribution < -0.4 is 20.7 Å². The molecular formula is C40H48F2N4O5. The van der Waals surface area contributed by atoms with Crippen LogP contribution in [0.2, 0.25) is 0 Å². The molecule has 1 amide bonds. The maximum atomic E-state index is 15.7. The van der Waals surface area contributed by atoms with E-state index in [1.807, 2.05) is 45.0 Å². The van der Waals surface area contributed by atoms with E-state index in [0.29, 0.717) is 41.8 Å². The van der Waals surface area contributed by atoms with Gasteiger partial charge < -0.3 is 30.5 Å². The van der Waals surface area contributed by atoms with Gasteiger partial charge in [-0.15, -0.1) is 0 Å². The second-order valence-electron chi connectivity index (χ2n) is 13.6. The topological polar surface area (TPSA) is 121 Å². The summed E-state index contributed by atoms with van der Waals surface area (Å²) in [6, 6.07) is 13.3. The molecule has 4 N–H and O–H groups in total. The highest BCUT2D eigenvalue weighted by Gasteiger charge is 2.32. The maximum absolute atomic E-state index is 15.7. The number of carboxylic acid groups (broad SMARTS) is 1. The maximum Gasteiger partial charge on any atom is 0.407 e. The van der Waals surface area contributed by atoms with Crippen molar-refractivity contribution in [1.29, 1.82) is 0 Å². The fourth-order valence-corrected chi connectivity index (χ4v) is 6.23. The molecule has 0 saturated carbocycles. The van der Waals surface area contributed by atoms with Gasteiger partial charge in [-0.05, 0) is 102 Å². The number of carbonyl (C=O) groups excluding carboxylic acids is 1. The first-order valence-electron chi connectivity index (χ1n) is 17.1. The Morgan fingerprint density at radius 2 is 1.86 bits per heavy atom. The lowest BCUT2D eigenvalue weighted by Gasteiger charge is -2.35. The molecule has 3 aromatic carbocycles. The quantitative estimate of drug-likeness (QED) is 0.181. The Kier molecular flexibility index (Phi) is 13.0. The first-order chi connectivity index (χ1) is 24.3. The van der Waals surface area contributed by atoms with E-state index in [2.05, 4.69) is 34.6 Å². The van der Waals surface area contributed by atoms with Crippen molar-refractivity contribution in [3.8, 4) is 11.5 Å². The van der Waals surface area contributed by atoms with Crippen molar-refractivity contribution in [1.82, 2.24) is 10.6 Å². The van der Waals surface area contributed by atoms with Crippen LogP contribution in [0.25, 0.3) is 0 Å². The normalized spacial score (nSPS) is 19.3. The number of hydrogen-bond acceptors (Lipinski definition) is 7. The molecule has 0 aliphatic carbocycles. The minimum absolute atomic E-state index is 0.000270. The lowest BCUT2D eigenvalue weighted by molar-refractivity contribution is -0.136. The van der Waals surface area contributed by atoms with Crippen molar-refractivity contribution in [2.45, 2.75) is 97.2 Å². The number of aryl methyl sites for hydroxylation is 1. The Bertz CT molecular complexity index is 1810. The van der Waals surface area contributed by atoms with Crippen molar-refractivity contribution in [2.75, 3.05) is 5.32 Å². The summed E-state index contributed by atoms with van der Waals surface area (Å²) in [6.07, 6.45) is 7.54. The fourth-order valence-electron chi connectivity index (χ4n) is 6.23. The molecule has 0 radical (unpaired) electrons. The van der Waals surface area contributed by atoms with Crippen LogP contribution in [-0.4, -0.2) is 29.4 Å². The van der Waals surface area contributed by atoms with Crippen LogP contribution in [0.3, 0.4) is 0 Å². The Balaban J connectivity index is 1.79. The third-order valence-electron chi connectivity index (χ3n) is 9.25. The molecule has 3 aromatic rings. The SMILES string of the molecule is C=N/C=C1\NCc2cc(ccc2F)Oc2c(F)cc(N/C=C\C)c(C)c2COC(=O)NC(C)(C)CCCCC1(C)c1cccc(CCC(=O)O)c1. The fraction of sp³-hybridized carbons (Fsp3) is 0.375. The summed E-state index contributed by atoms with van der Waals surface area (Å²) in [7, 11) is 0. The van der Waals surface area contributed by atoms with Gasteiger partial charge in [0.2, 0.25) is 0 Å². The molecule has 1 aliphatic rings. The molecule has 272 valence electrons. The molecule has 0 fully saturated rings. The zero-order valence-electron chi connectivity index (χ0n) is 30.0. The van der Waals surface area contributed by atoms with E-state index >= 15 is 8.78 Å². The predicted octanol–water partition coefficient (Wildman–Crippen LogP) is 9.20. The van der Waals surface area contributed by atoms with Gasteiger partial charge in [-0.3, -0.25) is 9.79 Å². The summed E-state index contributed by atoms with van der Waals surface area (Å²) >= 11 is 0. The molecule has 1 aliphatic heterocycles. The number of amides is 1. The summed E-state index contributed by atoms with van der Waals surface area (Å²) in [5.41, 5.74) is 2.88. The van der Waals surface area contributed by atoms with Crippen LogP contribution in [-0.2, 0) is 34.5 Å². The van der Waals surface area contributed by atoms with Gasteiger partial charge in [-0.1, -0.05) is 43.2 Å². The number of aliphatic imine (C=N–C) groups is 1. The third kappa shape index (κ3) is 10.2. The number of cyclic esters (lactones) is 1. The average molecular weight is 703 g/mol. The molecule has 1 unspecified atom stereocenters. The zero-order chi connectivity index (χ0) is 37.2. The lowest BCUT2D eigenvalue weighted by atomic mass is 9.74. The smallest absolute Gasteiger partial charge is 0.407 e. The van der Waals surface area contributed by atoms with Crippen LogP contribution in [0.5, 0.6) is 11.5 Å². The third-order valence-corrected chi connectivity index (χ3v) is 9.25. The molecular weight excluding hydrogens is 654 g/mol. The summed E-state index contributed by atoms with van der Waals surface area (Å²) in [5, 5.41) is 18.7.